The zero-order valence-electron chi connectivity index (χ0n) is 13.4. The van der Waals surface area contributed by atoms with E-state index in [0.29, 0.717) is 32.0 Å². The summed E-state index contributed by atoms with van der Waals surface area (Å²) >= 11 is 3.07. The molecule has 1 N–H and O–H groups in total. The number of nitrogens with one attached hydrogen (secondary N) is 1. The second-order valence-electron chi connectivity index (χ2n) is 5.40. The molecule has 3 heterocycles. The van der Waals surface area contributed by atoms with Gasteiger partial charge in [0.1, 0.15) is 10.7 Å². The van der Waals surface area contributed by atoms with Crippen LogP contribution in [0.2, 0.25) is 0 Å². The summed E-state index contributed by atoms with van der Waals surface area (Å²) in [4.78, 5) is 31.9. The van der Waals surface area contributed by atoms with Crippen LogP contribution in [0.25, 0.3) is 9.88 Å². The lowest BCUT2D eigenvalue weighted by molar-refractivity contribution is -0.123. The van der Waals surface area contributed by atoms with E-state index < -0.39 is 0 Å². The Kier molecular flexibility index (Phi) is 5.60. The normalized spacial score (nSPS) is 17.7. The smallest absolute Gasteiger partial charge is 0.273 e. The molecule has 0 saturated carbocycles. The highest BCUT2D eigenvalue weighted by Crippen LogP contribution is 2.28. The molecule has 1 fully saturated rings. The van der Waals surface area contributed by atoms with E-state index in [2.05, 4.69) is 10.3 Å². The maximum atomic E-state index is 12.8. The van der Waals surface area contributed by atoms with E-state index in [1.807, 2.05) is 24.4 Å². The summed E-state index contributed by atoms with van der Waals surface area (Å²) in [5.41, 5.74) is 0.436. The Morgan fingerprint density at radius 2 is 2.33 bits per heavy atom. The SMILES string of the molecule is CCNC(=O)C[C@H]1COCCN1C(=O)c1csc(-c2cccs2)n1. The monoisotopic (exact) mass is 365 g/mol. The molecule has 2 aromatic rings. The van der Waals surface area contributed by atoms with E-state index in [1.54, 1.807) is 21.6 Å². The number of amides is 2. The molecule has 2 aromatic heterocycles. The zero-order chi connectivity index (χ0) is 16.9. The number of morpholine rings is 1. The molecule has 0 spiro atoms. The van der Waals surface area contributed by atoms with Crippen LogP contribution in [-0.4, -0.2) is 54.0 Å². The molecule has 1 atom stereocenters. The third kappa shape index (κ3) is 3.82. The van der Waals surface area contributed by atoms with Gasteiger partial charge in [-0.15, -0.1) is 22.7 Å². The first kappa shape index (κ1) is 17.1. The van der Waals surface area contributed by atoms with E-state index in [4.69, 9.17) is 4.74 Å². The second-order valence-corrected chi connectivity index (χ2v) is 7.21. The summed E-state index contributed by atoms with van der Waals surface area (Å²) in [5, 5.41) is 7.40. The quantitative estimate of drug-likeness (QED) is 0.882. The number of rotatable bonds is 5. The first-order valence-electron chi connectivity index (χ1n) is 7.84. The van der Waals surface area contributed by atoms with Crippen molar-refractivity contribution in [3.63, 3.8) is 0 Å². The van der Waals surface area contributed by atoms with Gasteiger partial charge in [-0.25, -0.2) is 4.98 Å². The largest absolute Gasteiger partial charge is 0.377 e. The highest BCUT2D eigenvalue weighted by atomic mass is 32.1. The number of ether oxygens (including phenoxy) is 1. The van der Waals surface area contributed by atoms with Crippen LogP contribution in [0.3, 0.4) is 0 Å². The number of carbonyl (C=O) groups excluding carboxylic acids is 2. The van der Waals surface area contributed by atoms with Crippen molar-refractivity contribution in [2.24, 2.45) is 0 Å². The van der Waals surface area contributed by atoms with Gasteiger partial charge in [0.15, 0.2) is 0 Å². The number of thiazole rings is 1. The molecule has 0 aromatic carbocycles. The predicted molar refractivity (Wildman–Crippen MR) is 94.4 cm³/mol. The van der Waals surface area contributed by atoms with Crippen molar-refractivity contribution in [2.75, 3.05) is 26.3 Å². The van der Waals surface area contributed by atoms with Crippen LogP contribution in [0.15, 0.2) is 22.9 Å². The fraction of sp³-hybridized carbons (Fsp3) is 0.438. The van der Waals surface area contributed by atoms with Crippen molar-refractivity contribution in [1.29, 1.82) is 0 Å². The fourth-order valence-corrected chi connectivity index (χ4v) is 4.22. The third-order valence-electron chi connectivity index (χ3n) is 3.74. The average molecular weight is 365 g/mol. The fourth-order valence-electron chi connectivity index (χ4n) is 2.61. The first-order valence-corrected chi connectivity index (χ1v) is 9.59. The van der Waals surface area contributed by atoms with Crippen molar-refractivity contribution >= 4 is 34.5 Å². The maximum Gasteiger partial charge on any atom is 0.273 e. The molecule has 3 rings (SSSR count). The molecular formula is C16H19N3O3S2. The van der Waals surface area contributed by atoms with Crippen molar-refractivity contribution < 1.29 is 14.3 Å². The molecule has 1 aliphatic heterocycles. The Labute approximate surface area is 148 Å². The second kappa shape index (κ2) is 7.87. The van der Waals surface area contributed by atoms with E-state index in [0.717, 1.165) is 9.88 Å². The summed E-state index contributed by atoms with van der Waals surface area (Å²) in [6.45, 7) is 3.80. The predicted octanol–water partition coefficient (Wildman–Crippen LogP) is 2.24. The molecule has 0 radical (unpaired) electrons. The maximum absolute atomic E-state index is 12.8. The number of hydrogen-bond donors (Lipinski definition) is 1. The van der Waals surface area contributed by atoms with Gasteiger partial charge in [-0.1, -0.05) is 6.07 Å². The molecular weight excluding hydrogens is 346 g/mol. The van der Waals surface area contributed by atoms with Gasteiger partial charge < -0.3 is 15.0 Å². The number of hydrogen-bond acceptors (Lipinski definition) is 6. The summed E-state index contributed by atoms with van der Waals surface area (Å²) in [7, 11) is 0. The Bertz CT molecular complexity index is 699. The molecule has 0 aliphatic carbocycles. The van der Waals surface area contributed by atoms with E-state index in [1.165, 1.54) is 11.3 Å². The molecule has 1 saturated heterocycles. The standard InChI is InChI=1S/C16H19N3O3S2/c1-2-17-14(20)8-11-9-22-6-5-19(11)16(21)12-10-24-15(18-12)13-4-3-7-23-13/h3-4,7,10-11H,2,5-6,8-9H2,1H3,(H,17,20)/t11-/m0/s1. The van der Waals surface area contributed by atoms with Crippen molar-refractivity contribution in [2.45, 2.75) is 19.4 Å². The Balaban J connectivity index is 1.73. The number of nitrogens with zero attached hydrogens (tertiary/aromatic N) is 2. The van der Waals surface area contributed by atoms with Crippen LogP contribution < -0.4 is 5.32 Å². The average Bonchev–Trinajstić information content (AvgIpc) is 3.26. The van der Waals surface area contributed by atoms with Gasteiger partial charge in [0.2, 0.25) is 5.91 Å². The van der Waals surface area contributed by atoms with Crippen LogP contribution in [0.1, 0.15) is 23.8 Å². The molecule has 0 bridgehead atoms. The molecule has 0 unspecified atom stereocenters. The lowest BCUT2D eigenvalue weighted by atomic mass is 10.1. The minimum atomic E-state index is -0.246. The molecule has 6 nitrogen and oxygen atoms in total. The number of carbonyl (C=O) groups is 2. The van der Waals surface area contributed by atoms with E-state index in [-0.39, 0.29) is 24.3 Å². The van der Waals surface area contributed by atoms with Gasteiger partial charge in [-0.3, -0.25) is 9.59 Å². The highest BCUT2D eigenvalue weighted by Gasteiger charge is 2.31. The number of aromatic nitrogens is 1. The van der Waals surface area contributed by atoms with Crippen LogP contribution in [0, 0.1) is 0 Å². The van der Waals surface area contributed by atoms with Gasteiger partial charge in [0, 0.05) is 24.9 Å². The minimum absolute atomic E-state index is 0.0663. The van der Waals surface area contributed by atoms with E-state index in [9.17, 15) is 9.59 Å². The topological polar surface area (TPSA) is 71.5 Å². The molecule has 2 amide bonds. The van der Waals surface area contributed by atoms with Gasteiger partial charge >= 0.3 is 0 Å². The Hall–Kier alpha value is -1.77. The van der Waals surface area contributed by atoms with Gasteiger partial charge in [-0.2, -0.15) is 0 Å². The first-order chi connectivity index (χ1) is 11.7. The molecule has 8 heteroatoms. The summed E-state index contributed by atoms with van der Waals surface area (Å²) < 4.78 is 5.45. The van der Waals surface area contributed by atoms with Crippen molar-refractivity contribution in [3.8, 4) is 9.88 Å². The van der Waals surface area contributed by atoms with Crippen LogP contribution in [0.5, 0.6) is 0 Å². The van der Waals surface area contributed by atoms with Gasteiger partial charge in [0.05, 0.1) is 24.1 Å². The molecule has 24 heavy (non-hydrogen) atoms. The van der Waals surface area contributed by atoms with Crippen LogP contribution in [-0.2, 0) is 9.53 Å². The zero-order valence-corrected chi connectivity index (χ0v) is 15.0. The summed E-state index contributed by atoms with van der Waals surface area (Å²) in [5.74, 6) is -0.199. The molecule has 1 aliphatic rings. The van der Waals surface area contributed by atoms with E-state index >= 15 is 0 Å². The summed E-state index contributed by atoms with van der Waals surface area (Å²) in [6, 6.07) is 3.71. The van der Waals surface area contributed by atoms with Crippen molar-refractivity contribution in [1.82, 2.24) is 15.2 Å². The molecule has 128 valence electrons. The minimum Gasteiger partial charge on any atom is -0.377 e. The third-order valence-corrected chi connectivity index (χ3v) is 5.62. The Morgan fingerprint density at radius 3 is 3.08 bits per heavy atom. The van der Waals surface area contributed by atoms with Gasteiger partial charge in [0.25, 0.3) is 5.91 Å². The number of thiophene rings is 1. The summed E-state index contributed by atoms with van der Waals surface area (Å²) in [6.07, 6.45) is 0.251. The Morgan fingerprint density at radius 1 is 1.46 bits per heavy atom. The van der Waals surface area contributed by atoms with Crippen LogP contribution in [0.4, 0.5) is 0 Å². The van der Waals surface area contributed by atoms with Gasteiger partial charge in [-0.05, 0) is 18.4 Å². The van der Waals surface area contributed by atoms with Crippen molar-refractivity contribution in [3.05, 3.63) is 28.6 Å². The lowest BCUT2D eigenvalue weighted by Gasteiger charge is -2.34. The highest BCUT2D eigenvalue weighted by molar-refractivity contribution is 7.20. The van der Waals surface area contributed by atoms with Crippen LogP contribution >= 0.6 is 22.7 Å². The lowest BCUT2D eigenvalue weighted by Crippen LogP contribution is -2.50.